The maximum Gasteiger partial charge on any atom is 0.181 e. The quantitative estimate of drug-likeness (QED) is 0.801. The lowest BCUT2D eigenvalue weighted by Gasteiger charge is -2.21. The topological polar surface area (TPSA) is 30.0 Å². The van der Waals surface area contributed by atoms with Crippen molar-refractivity contribution in [2.45, 2.75) is 39.0 Å². The highest BCUT2D eigenvalue weighted by Gasteiger charge is 2.24. The number of rotatable bonds is 4. The van der Waals surface area contributed by atoms with Crippen LogP contribution < -0.4 is 0 Å². The first-order chi connectivity index (χ1) is 8.72. The van der Waals surface area contributed by atoms with Gasteiger partial charge in [-0.25, -0.2) is 4.98 Å². The summed E-state index contributed by atoms with van der Waals surface area (Å²) in [6.07, 6.45) is 8.11. The number of carbonyl (C=O) groups excluding carboxylic acids is 1. The molecule has 0 saturated carbocycles. The molecule has 0 N–H and O–H groups in total. The molecule has 1 heterocycles. The first-order valence-corrected chi connectivity index (χ1v) is 6.56. The van der Waals surface area contributed by atoms with E-state index in [0.717, 1.165) is 42.5 Å². The molecule has 0 radical (unpaired) electrons. The Morgan fingerprint density at radius 1 is 1.28 bits per heavy atom. The van der Waals surface area contributed by atoms with Crippen LogP contribution in [0.25, 0.3) is 12.2 Å². The predicted octanol–water partition coefficient (Wildman–Crippen LogP) is 3.84. The highest BCUT2D eigenvalue weighted by molar-refractivity contribution is 5.97. The largest absolute Gasteiger partial charge is 0.292 e. The third kappa shape index (κ3) is 2.03. The summed E-state index contributed by atoms with van der Waals surface area (Å²) in [5.41, 5.74) is 4.92. The van der Waals surface area contributed by atoms with Crippen molar-refractivity contribution in [2.24, 2.45) is 0 Å². The normalized spacial score (nSPS) is 14.2. The zero-order valence-corrected chi connectivity index (χ0v) is 11.0. The van der Waals surface area contributed by atoms with Crippen molar-refractivity contribution in [3.63, 3.8) is 0 Å². The van der Waals surface area contributed by atoms with Crippen LogP contribution in [0.5, 0.6) is 0 Å². The summed E-state index contributed by atoms with van der Waals surface area (Å²) >= 11 is 0. The maximum absolute atomic E-state index is 12.0. The molecule has 1 aliphatic carbocycles. The van der Waals surface area contributed by atoms with Crippen LogP contribution in [0, 0.1) is 0 Å². The minimum Gasteiger partial charge on any atom is -0.292 e. The van der Waals surface area contributed by atoms with Gasteiger partial charge in [0, 0.05) is 12.0 Å². The molecule has 2 heteroatoms. The lowest BCUT2D eigenvalue weighted by atomic mass is 9.86. The first-order valence-electron chi connectivity index (χ1n) is 6.56. The van der Waals surface area contributed by atoms with Gasteiger partial charge in [-0.2, -0.15) is 0 Å². The van der Waals surface area contributed by atoms with Crippen molar-refractivity contribution in [2.75, 3.05) is 0 Å². The number of ketones is 1. The maximum atomic E-state index is 12.0. The van der Waals surface area contributed by atoms with Crippen molar-refractivity contribution in [3.05, 3.63) is 41.2 Å². The van der Waals surface area contributed by atoms with Gasteiger partial charge < -0.3 is 0 Å². The molecule has 0 aromatic carbocycles. The molecule has 0 saturated heterocycles. The molecule has 0 atom stereocenters. The van der Waals surface area contributed by atoms with Crippen molar-refractivity contribution >= 4 is 17.9 Å². The van der Waals surface area contributed by atoms with E-state index in [4.69, 9.17) is 0 Å². The molecule has 18 heavy (non-hydrogen) atoms. The molecule has 94 valence electrons. The second kappa shape index (κ2) is 5.30. The monoisotopic (exact) mass is 241 g/mol. The van der Waals surface area contributed by atoms with Crippen LogP contribution in [0.2, 0.25) is 0 Å². The molecule has 0 amide bonds. The van der Waals surface area contributed by atoms with E-state index in [0.29, 0.717) is 12.1 Å². The van der Waals surface area contributed by atoms with Crippen molar-refractivity contribution in [1.82, 2.24) is 4.98 Å². The molecule has 2 nitrogen and oxygen atoms in total. The molecule has 1 aliphatic rings. The second-order valence-corrected chi connectivity index (χ2v) is 4.65. The van der Waals surface area contributed by atoms with E-state index >= 15 is 0 Å². The van der Waals surface area contributed by atoms with Crippen LogP contribution >= 0.6 is 0 Å². The molecule has 0 unspecified atom stereocenters. The third-order valence-corrected chi connectivity index (χ3v) is 3.48. The summed E-state index contributed by atoms with van der Waals surface area (Å²) in [4.78, 5) is 16.5. The van der Waals surface area contributed by atoms with Gasteiger partial charge in [0.2, 0.25) is 0 Å². The van der Waals surface area contributed by atoms with Crippen LogP contribution in [-0.2, 0) is 12.8 Å². The fourth-order valence-corrected chi connectivity index (χ4v) is 2.67. The number of hydrogen-bond acceptors (Lipinski definition) is 2. The molecule has 0 aliphatic heterocycles. The number of Topliss-reactive ketones (excluding diaryl/α,β-unsaturated/α-hetero) is 1. The number of hydrogen-bond donors (Lipinski definition) is 0. The first kappa shape index (κ1) is 12.7. The van der Waals surface area contributed by atoms with Crippen LogP contribution in [0.3, 0.4) is 0 Å². The summed E-state index contributed by atoms with van der Waals surface area (Å²) in [5.74, 6) is 0.173. The molecule has 0 spiro atoms. The Kier molecular flexibility index (Phi) is 3.75. The van der Waals surface area contributed by atoms with Gasteiger partial charge in [-0.3, -0.25) is 4.79 Å². The Morgan fingerprint density at radius 2 is 2.06 bits per heavy atom. The smallest absolute Gasteiger partial charge is 0.181 e. The number of nitrogens with zero attached hydrogens (tertiary/aromatic N) is 1. The molecule has 0 fully saturated rings. The Balaban J connectivity index is 2.72. The average molecular weight is 241 g/mol. The van der Waals surface area contributed by atoms with Crippen LogP contribution in [-0.4, -0.2) is 10.8 Å². The van der Waals surface area contributed by atoms with Crippen molar-refractivity contribution in [1.29, 1.82) is 0 Å². The van der Waals surface area contributed by atoms with E-state index in [1.165, 1.54) is 5.56 Å². The summed E-state index contributed by atoms with van der Waals surface area (Å²) < 4.78 is 0. The number of aromatic nitrogens is 1. The average Bonchev–Trinajstić information content (AvgIpc) is 2.39. The standard InChI is InChI=1S/C16H19NO/c1-4-8-12-11(5-2)14(6-3)17-16-13(12)9-7-10-15(16)18/h5-6H,2-4,7-10H2,1H3. The third-order valence-electron chi connectivity index (χ3n) is 3.48. The Hall–Kier alpha value is -1.70. The van der Waals surface area contributed by atoms with Gasteiger partial charge in [-0.1, -0.05) is 32.6 Å². The summed E-state index contributed by atoms with van der Waals surface area (Å²) in [5, 5.41) is 0. The molecule has 2 rings (SSSR count). The fourth-order valence-electron chi connectivity index (χ4n) is 2.67. The van der Waals surface area contributed by atoms with Gasteiger partial charge in [0.05, 0.1) is 5.69 Å². The zero-order chi connectivity index (χ0) is 13.1. The van der Waals surface area contributed by atoms with Crippen LogP contribution in [0.15, 0.2) is 13.2 Å². The Bertz CT molecular complexity index is 514. The van der Waals surface area contributed by atoms with Crippen LogP contribution in [0.4, 0.5) is 0 Å². The van der Waals surface area contributed by atoms with E-state index in [1.54, 1.807) is 6.08 Å². The van der Waals surface area contributed by atoms with Gasteiger partial charge in [-0.15, -0.1) is 0 Å². The van der Waals surface area contributed by atoms with E-state index in [9.17, 15) is 4.79 Å². The zero-order valence-electron chi connectivity index (χ0n) is 11.0. The molecule has 1 aromatic rings. The fraction of sp³-hybridized carbons (Fsp3) is 0.375. The predicted molar refractivity (Wildman–Crippen MR) is 75.7 cm³/mol. The van der Waals surface area contributed by atoms with Gasteiger partial charge in [-0.05, 0) is 36.5 Å². The molecular formula is C16H19NO. The van der Waals surface area contributed by atoms with Gasteiger partial charge in [0.15, 0.2) is 5.78 Å². The highest BCUT2D eigenvalue weighted by atomic mass is 16.1. The van der Waals surface area contributed by atoms with Crippen LogP contribution in [0.1, 0.15) is 59.1 Å². The number of carbonyl (C=O) groups is 1. The number of fused-ring (bicyclic) bond motifs is 1. The van der Waals surface area contributed by atoms with Gasteiger partial charge >= 0.3 is 0 Å². The Morgan fingerprint density at radius 3 is 2.67 bits per heavy atom. The van der Waals surface area contributed by atoms with Crippen molar-refractivity contribution < 1.29 is 4.79 Å². The second-order valence-electron chi connectivity index (χ2n) is 4.65. The molecular weight excluding hydrogens is 222 g/mol. The van der Waals surface area contributed by atoms with Gasteiger partial charge in [0.1, 0.15) is 5.69 Å². The lowest BCUT2D eigenvalue weighted by Crippen LogP contribution is -2.17. The summed E-state index contributed by atoms with van der Waals surface area (Å²) in [7, 11) is 0. The highest BCUT2D eigenvalue weighted by Crippen LogP contribution is 2.29. The summed E-state index contributed by atoms with van der Waals surface area (Å²) in [6, 6.07) is 0. The van der Waals surface area contributed by atoms with E-state index in [2.05, 4.69) is 25.1 Å². The minimum absolute atomic E-state index is 0.173. The van der Waals surface area contributed by atoms with E-state index in [-0.39, 0.29) is 5.78 Å². The van der Waals surface area contributed by atoms with Gasteiger partial charge in [0.25, 0.3) is 0 Å². The van der Waals surface area contributed by atoms with Crippen molar-refractivity contribution in [3.8, 4) is 0 Å². The molecule has 1 aromatic heterocycles. The molecule has 0 bridgehead atoms. The number of pyridine rings is 1. The van der Waals surface area contributed by atoms with E-state index < -0.39 is 0 Å². The minimum atomic E-state index is 0.173. The summed E-state index contributed by atoms with van der Waals surface area (Å²) in [6.45, 7) is 9.82. The Labute approximate surface area is 108 Å². The van der Waals surface area contributed by atoms with E-state index in [1.807, 2.05) is 6.08 Å². The SMILES string of the molecule is C=Cc1nc2c(c(CCC)c1C=C)CCCC2=O. The lowest BCUT2D eigenvalue weighted by molar-refractivity contribution is 0.0967.